The van der Waals surface area contributed by atoms with Crippen LogP contribution in [0.2, 0.25) is 0 Å². The summed E-state index contributed by atoms with van der Waals surface area (Å²) in [5, 5.41) is 27.3. The Kier molecular flexibility index (Phi) is 5.41. The highest BCUT2D eigenvalue weighted by atomic mass is 32.2. The molecule has 0 fully saturated rings. The fraction of sp³-hybridized carbons (Fsp3) is 0.111. The first kappa shape index (κ1) is 18.5. The average molecular weight is 385 g/mol. The van der Waals surface area contributed by atoms with Gasteiger partial charge in [-0.25, -0.2) is 4.79 Å². The van der Waals surface area contributed by atoms with E-state index in [-0.39, 0.29) is 22.2 Å². The molecule has 1 amide bonds. The van der Waals surface area contributed by atoms with Gasteiger partial charge in [-0.2, -0.15) is 0 Å². The van der Waals surface area contributed by atoms with Crippen LogP contribution < -0.4 is 15.1 Å². The van der Waals surface area contributed by atoms with Gasteiger partial charge >= 0.3 is 5.97 Å². The zero-order valence-electron chi connectivity index (χ0n) is 14.2. The van der Waals surface area contributed by atoms with Gasteiger partial charge in [-0.15, -0.1) is 0 Å². The summed E-state index contributed by atoms with van der Waals surface area (Å²) < 4.78 is 6.06. The maximum atomic E-state index is 12.1. The second kappa shape index (κ2) is 7.92. The summed E-state index contributed by atoms with van der Waals surface area (Å²) in [7, 11) is 0. The zero-order chi connectivity index (χ0) is 19.4. The molecule has 0 spiro atoms. The first-order valence-electron chi connectivity index (χ1n) is 7.86. The van der Waals surface area contributed by atoms with Gasteiger partial charge in [0.25, 0.3) is 5.03 Å². The molecule has 8 nitrogen and oxygen atoms in total. The van der Waals surface area contributed by atoms with E-state index in [4.69, 9.17) is 9.63 Å². The van der Waals surface area contributed by atoms with Crippen molar-refractivity contribution in [3.63, 3.8) is 0 Å². The van der Waals surface area contributed by atoms with Crippen LogP contribution in [-0.4, -0.2) is 28.0 Å². The van der Waals surface area contributed by atoms with Crippen molar-refractivity contribution < 1.29 is 29.0 Å². The topological polar surface area (TPSA) is 119 Å². The van der Waals surface area contributed by atoms with Crippen molar-refractivity contribution in [2.24, 2.45) is 0 Å². The number of amides is 1. The minimum atomic E-state index is -1.04. The predicted molar refractivity (Wildman–Crippen MR) is 95.0 cm³/mol. The van der Waals surface area contributed by atoms with E-state index in [0.29, 0.717) is 11.4 Å². The van der Waals surface area contributed by atoms with Gasteiger partial charge in [0.15, 0.2) is 5.95 Å². The summed E-state index contributed by atoms with van der Waals surface area (Å²) in [6, 6.07) is 13.1. The van der Waals surface area contributed by atoms with Crippen molar-refractivity contribution in [3.05, 3.63) is 59.7 Å². The Morgan fingerprint density at radius 3 is 2.48 bits per heavy atom. The van der Waals surface area contributed by atoms with Crippen molar-refractivity contribution in [1.29, 1.82) is 0 Å². The van der Waals surface area contributed by atoms with Gasteiger partial charge in [-0.1, -0.05) is 17.7 Å². The summed E-state index contributed by atoms with van der Waals surface area (Å²) in [5.74, 6) is -2.05. The molecule has 0 radical (unpaired) electrons. The van der Waals surface area contributed by atoms with Crippen molar-refractivity contribution in [1.82, 2.24) is 5.27 Å². The molecule has 2 aromatic carbocycles. The Morgan fingerprint density at radius 2 is 1.85 bits per heavy atom. The van der Waals surface area contributed by atoms with Gasteiger partial charge in [0.1, 0.15) is 0 Å². The number of benzene rings is 2. The molecule has 0 saturated carbocycles. The second-order valence-electron chi connectivity index (χ2n) is 5.63. The number of anilines is 1. The van der Waals surface area contributed by atoms with Crippen LogP contribution >= 0.6 is 11.8 Å². The Hall–Kier alpha value is -3.33. The average Bonchev–Trinajstić information content (AvgIpc) is 3.01. The summed E-state index contributed by atoms with van der Waals surface area (Å²) >= 11 is 1.00. The molecular formula is C18H15N3O5S. The molecule has 0 aliphatic carbocycles. The summed E-state index contributed by atoms with van der Waals surface area (Å²) in [6.07, 6.45) is 0. The fourth-order valence-electron chi connectivity index (χ4n) is 2.24. The number of carboxylic acid groups (broad SMARTS) is 1. The lowest BCUT2D eigenvalue weighted by Gasteiger charge is -2.04. The molecule has 0 unspecified atom stereocenters. The van der Waals surface area contributed by atoms with Gasteiger partial charge < -0.3 is 20.1 Å². The molecule has 1 aromatic heterocycles. The Morgan fingerprint density at radius 1 is 1.19 bits per heavy atom. The Balaban J connectivity index is 1.66. The van der Waals surface area contributed by atoms with Gasteiger partial charge in [0.05, 0.1) is 16.6 Å². The van der Waals surface area contributed by atoms with Crippen LogP contribution in [0.1, 0.15) is 15.9 Å². The number of carboxylic acids is 1. The van der Waals surface area contributed by atoms with Crippen LogP contribution in [0.15, 0.2) is 58.1 Å². The normalized spacial score (nSPS) is 10.6. The lowest BCUT2D eigenvalue weighted by atomic mass is 10.2. The number of aromatic nitrogens is 2. The van der Waals surface area contributed by atoms with E-state index in [1.54, 1.807) is 12.1 Å². The van der Waals surface area contributed by atoms with Gasteiger partial charge in [-0.3, -0.25) is 4.79 Å². The first-order valence-corrected chi connectivity index (χ1v) is 8.84. The van der Waals surface area contributed by atoms with E-state index < -0.39 is 11.9 Å². The molecule has 3 rings (SSSR count). The number of carbonyl (C=O) groups excluding carboxylic acids is 1. The van der Waals surface area contributed by atoms with Crippen LogP contribution in [0.5, 0.6) is 5.95 Å². The Bertz CT molecular complexity index is 968. The number of hydrogen-bond donors (Lipinski definition) is 2. The monoisotopic (exact) mass is 385 g/mol. The fourth-order valence-corrected chi connectivity index (χ4v) is 2.99. The maximum absolute atomic E-state index is 12.1. The van der Waals surface area contributed by atoms with Crippen LogP contribution in [0.4, 0.5) is 5.69 Å². The molecule has 1 heterocycles. The predicted octanol–water partition coefficient (Wildman–Crippen LogP) is 1.76. The van der Waals surface area contributed by atoms with E-state index in [9.17, 15) is 14.7 Å². The van der Waals surface area contributed by atoms with Crippen molar-refractivity contribution in [2.75, 3.05) is 11.1 Å². The number of rotatable bonds is 6. The minimum absolute atomic E-state index is 0.0387. The van der Waals surface area contributed by atoms with Gasteiger partial charge in [-0.05, 0) is 47.6 Å². The van der Waals surface area contributed by atoms with E-state index >= 15 is 0 Å². The second-order valence-corrected chi connectivity index (χ2v) is 6.60. The quantitative estimate of drug-likeness (QED) is 0.490. The first-order chi connectivity index (χ1) is 12.9. The highest BCUT2D eigenvalue weighted by molar-refractivity contribution is 7.99. The number of carbonyl (C=O) groups is 2. The van der Waals surface area contributed by atoms with Crippen LogP contribution in [0, 0.1) is 6.92 Å². The maximum Gasteiger partial charge on any atom is 0.335 e. The molecule has 0 aliphatic rings. The van der Waals surface area contributed by atoms with E-state index in [1.807, 2.05) is 19.1 Å². The van der Waals surface area contributed by atoms with Crippen LogP contribution in [0.25, 0.3) is 5.69 Å². The van der Waals surface area contributed by atoms with E-state index in [0.717, 1.165) is 17.3 Å². The third kappa shape index (κ3) is 4.45. The smallest absolute Gasteiger partial charge is 0.335 e. The lowest BCUT2D eigenvalue weighted by Crippen LogP contribution is -2.35. The van der Waals surface area contributed by atoms with Crippen LogP contribution in [0.3, 0.4) is 0 Å². The molecular weight excluding hydrogens is 370 g/mol. The molecule has 27 heavy (non-hydrogen) atoms. The third-order valence-electron chi connectivity index (χ3n) is 3.61. The van der Waals surface area contributed by atoms with E-state index in [2.05, 4.69) is 10.6 Å². The summed E-state index contributed by atoms with van der Waals surface area (Å²) in [6.45, 7) is 1.94. The van der Waals surface area contributed by atoms with Crippen molar-refractivity contribution in [2.45, 2.75) is 11.9 Å². The number of thioether (sulfide) groups is 1. The van der Waals surface area contributed by atoms with Gasteiger partial charge in [0.2, 0.25) is 11.6 Å². The molecule has 138 valence electrons. The number of hydrogen-bond acceptors (Lipinski definition) is 6. The minimum Gasteiger partial charge on any atom is -0.538 e. The van der Waals surface area contributed by atoms with Crippen LogP contribution in [-0.2, 0) is 4.79 Å². The largest absolute Gasteiger partial charge is 0.538 e. The standard InChI is InChI=1S/C18H15N3O5S/c1-11-2-8-14(9-3-11)21-16(18(25)26-20-21)27-10-15(22)19-13-6-4-12(5-7-13)17(23)24/h2-9H,10H2,1H3,(H2-,19,20,22,23,24,25). The van der Waals surface area contributed by atoms with Crippen molar-refractivity contribution >= 4 is 29.3 Å². The molecule has 3 aromatic rings. The van der Waals surface area contributed by atoms with E-state index in [1.165, 1.54) is 28.9 Å². The molecule has 0 aliphatic heterocycles. The van der Waals surface area contributed by atoms with Gasteiger partial charge in [0, 0.05) is 17.8 Å². The molecule has 0 bridgehead atoms. The highest BCUT2D eigenvalue weighted by Crippen LogP contribution is 2.23. The molecule has 0 saturated heterocycles. The summed E-state index contributed by atoms with van der Waals surface area (Å²) in [5.41, 5.74) is 2.30. The Labute approximate surface area is 158 Å². The van der Waals surface area contributed by atoms with Crippen molar-refractivity contribution in [3.8, 4) is 11.6 Å². The lowest BCUT2D eigenvalue weighted by molar-refractivity contribution is -0.705. The number of nitrogens with one attached hydrogen (secondary N) is 1. The third-order valence-corrected chi connectivity index (χ3v) is 4.63. The number of aryl methyl sites for hydroxylation is 1. The zero-order valence-corrected chi connectivity index (χ0v) is 15.0. The molecule has 2 N–H and O–H groups in total. The number of aromatic carboxylic acids is 1. The molecule has 9 heteroatoms. The SMILES string of the molecule is Cc1ccc(-[n+]2noc([O-])c2SCC(=O)Nc2ccc(C(=O)O)cc2)cc1. The highest BCUT2D eigenvalue weighted by Gasteiger charge is 2.22. The molecule has 0 atom stereocenters. The summed E-state index contributed by atoms with van der Waals surface area (Å²) in [4.78, 5) is 22.9. The number of nitrogens with zero attached hydrogens (tertiary/aromatic N) is 2.